The smallest absolute Gasteiger partial charge is 0.295 e. The average Bonchev–Trinajstić information content (AvgIpc) is 3.27. The first-order valence-electron chi connectivity index (χ1n) is 10.8. The zero-order valence-corrected chi connectivity index (χ0v) is 19.1. The highest BCUT2D eigenvalue weighted by Gasteiger charge is 2.46. The van der Waals surface area contributed by atoms with Crippen molar-refractivity contribution < 1.29 is 19.6 Å². The summed E-state index contributed by atoms with van der Waals surface area (Å²) in [6.07, 6.45) is 2.33. The minimum Gasteiger partial charge on any atom is -0.505 e. The molecular formula is C24H25N5O5. The first-order valence-corrected chi connectivity index (χ1v) is 10.8. The number of hydrogen-bond donors (Lipinski definition) is 1. The number of ketones is 1. The summed E-state index contributed by atoms with van der Waals surface area (Å²) >= 11 is 0. The van der Waals surface area contributed by atoms with Gasteiger partial charge in [0.15, 0.2) is 5.76 Å². The van der Waals surface area contributed by atoms with E-state index in [4.69, 9.17) is 0 Å². The van der Waals surface area contributed by atoms with E-state index in [0.717, 1.165) is 0 Å². The maximum atomic E-state index is 13.2. The number of nitro groups is 1. The van der Waals surface area contributed by atoms with Crippen molar-refractivity contribution in [2.75, 3.05) is 27.2 Å². The number of nitro benzene ring substituents is 1. The molecule has 176 valence electrons. The van der Waals surface area contributed by atoms with Gasteiger partial charge in [-0.25, -0.2) is 4.98 Å². The van der Waals surface area contributed by atoms with Gasteiger partial charge in [0.05, 0.1) is 22.2 Å². The fourth-order valence-corrected chi connectivity index (χ4v) is 4.32. The van der Waals surface area contributed by atoms with Crippen LogP contribution in [0.1, 0.15) is 29.4 Å². The van der Waals surface area contributed by atoms with E-state index in [9.17, 15) is 24.8 Å². The minimum atomic E-state index is -0.878. The zero-order chi connectivity index (χ0) is 24.6. The fourth-order valence-electron chi connectivity index (χ4n) is 4.32. The summed E-state index contributed by atoms with van der Waals surface area (Å²) in [7, 11) is 3.82. The Morgan fingerprint density at radius 1 is 1.18 bits per heavy atom. The van der Waals surface area contributed by atoms with E-state index < -0.39 is 22.7 Å². The number of imidazole rings is 1. The zero-order valence-electron chi connectivity index (χ0n) is 19.1. The summed E-state index contributed by atoms with van der Waals surface area (Å²) in [4.78, 5) is 44.7. The number of Topliss-reactive ketones (excluding diaryl/α,β-unsaturated/α-hetero) is 1. The lowest BCUT2D eigenvalue weighted by molar-refractivity contribution is -0.384. The van der Waals surface area contributed by atoms with Crippen LogP contribution in [-0.4, -0.2) is 68.1 Å². The maximum absolute atomic E-state index is 13.2. The van der Waals surface area contributed by atoms with Crippen LogP contribution in [0.15, 0.2) is 54.2 Å². The molecule has 0 aliphatic carbocycles. The molecule has 1 atom stereocenters. The Bertz CT molecular complexity index is 1310. The summed E-state index contributed by atoms with van der Waals surface area (Å²) < 4.78 is 1.66. The predicted molar refractivity (Wildman–Crippen MR) is 125 cm³/mol. The Kier molecular flexibility index (Phi) is 6.16. The number of rotatable bonds is 7. The molecule has 0 spiro atoms. The standard InChI is InChI=1S/C24H25N5O5/c1-15-20(27-13-5-4-7-18(27)25-15)22(30)19-21(16-8-10-17(11-9-16)29(33)34)28(24(32)23(19)31)14-6-12-26(2)3/h4-5,7-11,13,21,30H,6,12,14H2,1-3H3/t21-/m0/s1. The van der Waals surface area contributed by atoms with Crippen molar-refractivity contribution in [2.45, 2.75) is 19.4 Å². The van der Waals surface area contributed by atoms with Gasteiger partial charge in [0.2, 0.25) is 0 Å². The third kappa shape index (κ3) is 4.03. The van der Waals surface area contributed by atoms with Gasteiger partial charge in [-0.05, 0) is 63.8 Å². The monoisotopic (exact) mass is 463 g/mol. The highest BCUT2D eigenvalue weighted by molar-refractivity contribution is 6.46. The number of aliphatic hydroxyl groups is 1. The minimum absolute atomic E-state index is 0.0579. The summed E-state index contributed by atoms with van der Waals surface area (Å²) in [5.74, 6) is -1.83. The molecule has 3 aromatic rings. The summed E-state index contributed by atoms with van der Waals surface area (Å²) in [6, 6.07) is 10.2. The molecule has 1 aliphatic rings. The Morgan fingerprint density at radius 2 is 1.88 bits per heavy atom. The molecule has 0 bridgehead atoms. The van der Waals surface area contributed by atoms with Crippen LogP contribution >= 0.6 is 0 Å². The number of aryl methyl sites for hydroxylation is 1. The Hall–Kier alpha value is -4.05. The van der Waals surface area contributed by atoms with Gasteiger partial charge in [-0.2, -0.15) is 0 Å². The molecular weight excluding hydrogens is 438 g/mol. The molecule has 4 rings (SSSR count). The number of non-ortho nitro benzene ring substituents is 1. The van der Waals surface area contributed by atoms with Crippen molar-refractivity contribution in [3.63, 3.8) is 0 Å². The third-order valence-corrected chi connectivity index (χ3v) is 5.89. The number of carbonyl (C=O) groups is 2. The van der Waals surface area contributed by atoms with Gasteiger partial charge < -0.3 is 14.9 Å². The number of nitrogens with zero attached hydrogens (tertiary/aromatic N) is 5. The van der Waals surface area contributed by atoms with E-state index in [1.54, 1.807) is 29.7 Å². The predicted octanol–water partition coefficient (Wildman–Crippen LogP) is 2.92. The van der Waals surface area contributed by atoms with Crippen molar-refractivity contribution in [3.05, 3.63) is 81.3 Å². The molecule has 1 fully saturated rings. The highest BCUT2D eigenvalue weighted by atomic mass is 16.6. The molecule has 1 amide bonds. The molecule has 0 unspecified atom stereocenters. The Balaban J connectivity index is 1.87. The van der Waals surface area contributed by atoms with Crippen LogP contribution in [0.25, 0.3) is 11.4 Å². The number of aromatic nitrogens is 2. The second kappa shape index (κ2) is 9.06. The van der Waals surface area contributed by atoms with Crippen molar-refractivity contribution in [2.24, 2.45) is 0 Å². The van der Waals surface area contributed by atoms with Gasteiger partial charge >= 0.3 is 0 Å². The maximum Gasteiger partial charge on any atom is 0.295 e. The van der Waals surface area contributed by atoms with Crippen molar-refractivity contribution in [1.82, 2.24) is 19.2 Å². The van der Waals surface area contributed by atoms with E-state index in [2.05, 4.69) is 4.98 Å². The van der Waals surface area contributed by atoms with E-state index in [0.29, 0.717) is 35.6 Å². The summed E-state index contributed by atoms with van der Waals surface area (Å²) in [5, 5.41) is 22.5. The number of hydrogen-bond acceptors (Lipinski definition) is 7. The number of benzene rings is 1. The average molecular weight is 463 g/mol. The topological polar surface area (TPSA) is 121 Å². The van der Waals surface area contributed by atoms with Crippen LogP contribution < -0.4 is 0 Å². The number of fused-ring (bicyclic) bond motifs is 1. The molecule has 1 aromatic carbocycles. The van der Waals surface area contributed by atoms with Crippen LogP contribution in [0, 0.1) is 17.0 Å². The normalized spacial score (nSPS) is 17.8. The lowest BCUT2D eigenvalue weighted by Gasteiger charge is -2.25. The SMILES string of the molecule is Cc1nc2ccccn2c1C(O)=C1C(=O)C(=O)N(CCCN(C)C)[C@H]1c1ccc([N+](=O)[O-])cc1. The molecule has 1 saturated heterocycles. The molecule has 10 nitrogen and oxygen atoms in total. The molecule has 0 saturated carbocycles. The van der Waals surface area contributed by atoms with Crippen molar-refractivity contribution >= 4 is 28.8 Å². The second-order valence-electron chi connectivity index (χ2n) is 8.47. The molecule has 1 N–H and O–H groups in total. The van der Waals surface area contributed by atoms with Crippen LogP contribution in [0.3, 0.4) is 0 Å². The fraction of sp³-hybridized carbons (Fsp3) is 0.292. The van der Waals surface area contributed by atoms with Crippen molar-refractivity contribution in [1.29, 1.82) is 0 Å². The first kappa shape index (κ1) is 23.1. The molecule has 2 aromatic heterocycles. The molecule has 0 radical (unpaired) electrons. The van der Waals surface area contributed by atoms with Gasteiger partial charge in [0.1, 0.15) is 11.3 Å². The lowest BCUT2D eigenvalue weighted by Crippen LogP contribution is -2.32. The van der Waals surface area contributed by atoms with Crippen LogP contribution in [-0.2, 0) is 9.59 Å². The highest BCUT2D eigenvalue weighted by Crippen LogP contribution is 2.40. The lowest BCUT2D eigenvalue weighted by atomic mass is 9.96. The number of carbonyl (C=O) groups excluding carboxylic acids is 2. The van der Waals surface area contributed by atoms with E-state index >= 15 is 0 Å². The van der Waals surface area contributed by atoms with Gasteiger partial charge in [-0.15, -0.1) is 0 Å². The molecule has 34 heavy (non-hydrogen) atoms. The number of pyridine rings is 1. The van der Waals surface area contributed by atoms with E-state index in [1.807, 2.05) is 25.1 Å². The van der Waals surface area contributed by atoms with E-state index in [1.165, 1.54) is 29.2 Å². The van der Waals surface area contributed by atoms with Gasteiger partial charge in [0.25, 0.3) is 17.4 Å². The third-order valence-electron chi connectivity index (χ3n) is 5.89. The number of aliphatic hydroxyl groups excluding tert-OH is 1. The summed E-state index contributed by atoms with van der Waals surface area (Å²) in [5.41, 5.74) is 1.76. The molecule has 1 aliphatic heterocycles. The number of likely N-dealkylation sites (tertiary alicyclic amines) is 1. The van der Waals surface area contributed by atoms with Crippen LogP contribution in [0.5, 0.6) is 0 Å². The number of amides is 1. The summed E-state index contributed by atoms with van der Waals surface area (Å²) in [6.45, 7) is 2.70. The van der Waals surface area contributed by atoms with Crippen LogP contribution in [0.2, 0.25) is 0 Å². The second-order valence-corrected chi connectivity index (χ2v) is 8.47. The Labute approximate surface area is 195 Å². The first-order chi connectivity index (χ1) is 16.2. The van der Waals surface area contributed by atoms with Gasteiger partial charge in [-0.3, -0.25) is 24.1 Å². The molecule has 3 heterocycles. The van der Waals surface area contributed by atoms with E-state index in [-0.39, 0.29) is 23.6 Å². The molecule has 10 heteroatoms. The van der Waals surface area contributed by atoms with Gasteiger partial charge in [-0.1, -0.05) is 6.07 Å². The quantitative estimate of drug-likeness (QED) is 0.188. The van der Waals surface area contributed by atoms with Crippen molar-refractivity contribution in [3.8, 4) is 0 Å². The Morgan fingerprint density at radius 3 is 2.53 bits per heavy atom. The van der Waals surface area contributed by atoms with Gasteiger partial charge in [0, 0.05) is 24.9 Å². The largest absolute Gasteiger partial charge is 0.505 e. The van der Waals surface area contributed by atoms with Crippen LogP contribution in [0.4, 0.5) is 5.69 Å².